The SMILES string of the molecule is BCC(=O)NC(COC(C)S)OC(C)C. The fraction of sp³-hybridized carbons (Fsp3) is 0.889. The van der Waals surface area contributed by atoms with E-state index in [0.29, 0.717) is 12.9 Å². The van der Waals surface area contributed by atoms with E-state index in [1.165, 1.54) is 0 Å². The lowest BCUT2D eigenvalue weighted by Crippen LogP contribution is -2.41. The van der Waals surface area contributed by atoms with Crippen molar-refractivity contribution >= 4 is 26.4 Å². The van der Waals surface area contributed by atoms with E-state index in [1.807, 2.05) is 20.8 Å². The Labute approximate surface area is 97.9 Å². The van der Waals surface area contributed by atoms with Crippen molar-refractivity contribution in [2.75, 3.05) is 6.61 Å². The van der Waals surface area contributed by atoms with Gasteiger partial charge in [0.25, 0.3) is 0 Å². The number of nitrogens with one attached hydrogen (secondary N) is 1. The minimum absolute atomic E-state index is 0.0453. The normalized spacial score (nSPS) is 15.0. The number of rotatable bonds is 7. The van der Waals surface area contributed by atoms with Crippen LogP contribution in [-0.2, 0) is 14.3 Å². The Balaban J connectivity index is 4.00. The maximum atomic E-state index is 11.2. The van der Waals surface area contributed by atoms with Crippen molar-refractivity contribution in [1.29, 1.82) is 0 Å². The molecule has 0 aromatic carbocycles. The summed E-state index contributed by atoms with van der Waals surface area (Å²) < 4.78 is 10.8. The van der Waals surface area contributed by atoms with Crippen LogP contribution in [0.3, 0.4) is 0 Å². The molecule has 6 heteroatoms. The molecule has 0 spiro atoms. The fourth-order valence-electron chi connectivity index (χ4n) is 0.952. The molecule has 0 bridgehead atoms. The van der Waals surface area contributed by atoms with Crippen molar-refractivity contribution in [2.45, 2.75) is 44.9 Å². The van der Waals surface area contributed by atoms with Gasteiger partial charge in [0.05, 0.1) is 18.1 Å². The zero-order valence-electron chi connectivity index (χ0n) is 9.82. The minimum Gasteiger partial charge on any atom is -0.363 e. The Morgan fingerprint density at radius 2 is 2.07 bits per heavy atom. The van der Waals surface area contributed by atoms with E-state index >= 15 is 0 Å². The zero-order valence-corrected chi connectivity index (χ0v) is 10.7. The van der Waals surface area contributed by atoms with Crippen LogP contribution in [0.1, 0.15) is 20.8 Å². The first-order chi connectivity index (χ1) is 6.95. The van der Waals surface area contributed by atoms with Gasteiger partial charge in [-0.3, -0.25) is 4.79 Å². The summed E-state index contributed by atoms with van der Waals surface area (Å²) in [7, 11) is 1.80. The Morgan fingerprint density at radius 1 is 1.47 bits per heavy atom. The average molecular weight is 233 g/mol. The van der Waals surface area contributed by atoms with Gasteiger partial charge in [-0.1, -0.05) is 0 Å². The molecule has 0 saturated heterocycles. The van der Waals surface area contributed by atoms with Crippen molar-refractivity contribution in [1.82, 2.24) is 5.32 Å². The molecule has 0 radical (unpaired) electrons. The molecular weight excluding hydrogens is 213 g/mol. The average Bonchev–Trinajstić information content (AvgIpc) is 2.13. The summed E-state index contributed by atoms with van der Waals surface area (Å²) in [5.41, 5.74) is -0.165. The standard InChI is InChI=1S/C9H20BNO3S/c1-6(2)14-9(5-13-7(3)15)11-8(12)4-10/h6-7,9,15H,4-5,10H2,1-3H3,(H,11,12). The van der Waals surface area contributed by atoms with Gasteiger partial charge in [-0.15, -0.1) is 12.6 Å². The van der Waals surface area contributed by atoms with Crippen LogP contribution in [-0.4, -0.2) is 38.1 Å². The van der Waals surface area contributed by atoms with Gasteiger partial charge in [0, 0.05) is 0 Å². The zero-order chi connectivity index (χ0) is 11.8. The third-order valence-electron chi connectivity index (χ3n) is 1.57. The Morgan fingerprint density at radius 3 is 2.47 bits per heavy atom. The van der Waals surface area contributed by atoms with E-state index in [9.17, 15) is 4.79 Å². The first kappa shape index (κ1) is 14.8. The number of hydrogen-bond donors (Lipinski definition) is 2. The molecule has 4 nitrogen and oxygen atoms in total. The summed E-state index contributed by atoms with van der Waals surface area (Å²) in [4.78, 5) is 11.2. The summed E-state index contributed by atoms with van der Waals surface area (Å²) >= 11 is 4.09. The number of carbonyl (C=O) groups is 1. The smallest absolute Gasteiger partial charge is 0.214 e. The first-order valence-electron chi connectivity index (χ1n) is 5.20. The van der Waals surface area contributed by atoms with E-state index < -0.39 is 6.23 Å². The minimum atomic E-state index is -0.396. The van der Waals surface area contributed by atoms with Crippen molar-refractivity contribution in [3.63, 3.8) is 0 Å². The van der Waals surface area contributed by atoms with Crippen molar-refractivity contribution < 1.29 is 14.3 Å². The lowest BCUT2D eigenvalue weighted by molar-refractivity contribution is -0.128. The van der Waals surface area contributed by atoms with Crippen molar-refractivity contribution in [3.05, 3.63) is 0 Å². The number of thiol groups is 1. The van der Waals surface area contributed by atoms with Gasteiger partial charge < -0.3 is 14.8 Å². The first-order valence-corrected chi connectivity index (χ1v) is 5.71. The lowest BCUT2D eigenvalue weighted by atomic mass is 10.1. The molecule has 0 saturated carbocycles. The number of ether oxygens (including phenoxy) is 2. The van der Waals surface area contributed by atoms with Gasteiger partial charge in [0.15, 0.2) is 6.23 Å². The summed E-state index contributed by atoms with van der Waals surface area (Å²) in [6.45, 7) is 5.95. The topological polar surface area (TPSA) is 47.6 Å². The second-order valence-electron chi connectivity index (χ2n) is 3.53. The Kier molecular flexibility index (Phi) is 7.91. The Bertz CT molecular complexity index is 190. The molecule has 15 heavy (non-hydrogen) atoms. The van der Waals surface area contributed by atoms with Gasteiger partial charge in [-0.25, -0.2) is 0 Å². The third kappa shape index (κ3) is 8.78. The quantitative estimate of drug-likeness (QED) is 0.375. The molecule has 0 aliphatic heterocycles. The molecule has 1 N–H and O–H groups in total. The second-order valence-corrected chi connectivity index (χ2v) is 4.25. The maximum absolute atomic E-state index is 11.2. The van der Waals surface area contributed by atoms with Gasteiger partial charge in [0.2, 0.25) is 5.91 Å². The molecule has 88 valence electrons. The number of amides is 1. The number of hydrogen-bond acceptors (Lipinski definition) is 4. The van der Waals surface area contributed by atoms with Crippen LogP contribution in [0.25, 0.3) is 0 Å². The van der Waals surface area contributed by atoms with Crippen LogP contribution in [0, 0.1) is 0 Å². The van der Waals surface area contributed by atoms with Crippen molar-refractivity contribution in [2.24, 2.45) is 0 Å². The summed E-state index contributed by atoms with van der Waals surface area (Å²) in [6.07, 6.45) is 0.0898. The second kappa shape index (κ2) is 8.02. The summed E-state index contributed by atoms with van der Waals surface area (Å²) in [5.74, 6) is -0.0453. The van der Waals surface area contributed by atoms with Crippen LogP contribution in [0.15, 0.2) is 0 Å². The molecule has 0 aromatic rings. The lowest BCUT2D eigenvalue weighted by Gasteiger charge is -2.22. The molecule has 0 aliphatic rings. The molecule has 0 heterocycles. The van der Waals surface area contributed by atoms with Gasteiger partial charge >= 0.3 is 0 Å². The van der Waals surface area contributed by atoms with Gasteiger partial charge in [0.1, 0.15) is 7.85 Å². The highest BCUT2D eigenvalue weighted by atomic mass is 32.1. The third-order valence-corrected chi connectivity index (χ3v) is 1.72. The van der Waals surface area contributed by atoms with E-state index in [4.69, 9.17) is 9.47 Å². The van der Waals surface area contributed by atoms with E-state index in [1.54, 1.807) is 7.85 Å². The van der Waals surface area contributed by atoms with Crippen LogP contribution in [0.5, 0.6) is 0 Å². The van der Waals surface area contributed by atoms with Crippen molar-refractivity contribution in [3.8, 4) is 0 Å². The Hall–Kier alpha value is -0.195. The monoisotopic (exact) mass is 233 g/mol. The van der Waals surface area contributed by atoms with Crippen LogP contribution < -0.4 is 5.32 Å². The van der Waals surface area contributed by atoms with Crippen LogP contribution in [0.2, 0.25) is 6.32 Å². The van der Waals surface area contributed by atoms with E-state index in [0.717, 1.165) is 0 Å². The molecule has 2 atom stereocenters. The highest BCUT2D eigenvalue weighted by molar-refractivity contribution is 7.80. The highest BCUT2D eigenvalue weighted by Gasteiger charge is 2.14. The molecule has 0 aliphatic carbocycles. The number of carbonyl (C=O) groups excluding carboxylic acids is 1. The van der Waals surface area contributed by atoms with E-state index in [-0.39, 0.29) is 17.4 Å². The molecule has 0 fully saturated rings. The highest BCUT2D eigenvalue weighted by Crippen LogP contribution is 2.01. The van der Waals surface area contributed by atoms with Gasteiger partial charge in [-0.2, -0.15) is 0 Å². The molecule has 0 aromatic heterocycles. The van der Waals surface area contributed by atoms with Gasteiger partial charge in [-0.05, 0) is 27.1 Å². The molecule has 1 amide bonds. The van der Waals surface area contributed by atoms with E-state index in [2.05, 4.69) is 17.9 Å². The van der Waals surface area contributed by atoms with Crippen LogP contribution >= 0.6 is 12.6 Å². The maximum Gasteiger partial charge on any atom is 0.214 e. The molecular formula is C9H20BNO3S. The summed E-state index contributed by atoms with van der Waals surface area (Å²) in [6, 6.07) is 0. The summed E-state index contributed by atoms with van der Waals surface area (Å²) in [5, 5.41) is 2.73. The molecule has 0 rings (SSSR count). The predicted molar refractivity (Wildman–Crippen MR) is 65.9 cm³/mol. The molecule has 2 unspecified atom stereocenters. The largest absolute Gasteiger partial charge is 0.363 e. The van der Waals surface area contributed by atoms with Crippen LogP contribution in [0.4, 0.5) is 0 Å². The fourth-order valence-corrected chi connectivity index (χ4v) is 1.04. The predicted octanol–water partition coefficient (Wildman–Crippen LogP) is 0.197.